The number of pyridine rings is 1. The van der Waals surface area contributed by atoms with E-state index in [2.05, 4.69) is 20.3 Å². The number of likely N-dealkylation sites (tertiary alicyclic amines) is 1. The number of carbonyl (C=O) groups excluding carboxylic acids is 1. The third kappa shape index (κ3) is 5.33. The zero-order chi connectivity index (χ0) is 24.2. The van der Waals surface area contributed by atoms with Crippen molar-refractivity contribution in [3.8, 4) is 16.9 Å². The van der Waals surface area contributed by atoms with Gasteiger partial charge < -0.3 is 24.7 Å². The lowest BCUT2D eigenvalue weighted by molar-refractivity contribution is 0.146. The second-order valence-electron chi connectivity index (χ2n) is 8.66. The quantitative estimate of drug-likeness (QED) is 0.464. The molecule has 2 amide bonds. The minimum Gasteiger partial charge on any atom is -0.491 e. The summed E-state index contributed by atoms with van der Waals surface area (Å²) in [6.45, 7) is 2.68. The van der Waals surface area contributed by atoms with Crippen LogP contribution in [0.1, 0.15) is 25.1 Å². The summed E-state index contributed by atoms with van der Waals surface area (Å²) < 4.78 is 10.7. The molecule has 182 valence electrons. The topological polar surface area (TPSA) is 92.4 Å². The monoisotopic (exact) mass is 493 g/mol. The number of carbonyl (C=O) groups is 1. The molecule has 1 aliphatic heterocycles. The van der Waals surface area contributed by atoms with E-state index in [4.69, 9.17) is 21.1 Å². The number of allylic oxidation sites excluding steroid dienone is 2. The number of amides is 2. The highest BCUT2D eigenvalue weighted by molar-refractivity contribution is 6.37. The molecule has 3 aromatic rings. The van der Waals surface area contributed by atoms with Gasteiger partial charge in [-0.15, -0.1) is 0 Å². The molecule has 1 atom stereocenters. The van der Waals surface area contributed by atoms with E-state index in [1.165, 1.54) is 0 Å². The fraction of sp³-hybridized carbons (Fsp3) is 0.346. The first-order valence-electron chi connectivity index (χ1n) is 11.8. The number of nitrogens with zero attached hydrogens (tertiary/aromatic N) is 3. The van der Waals surface area contributed by atoms with Crippen LogP contribution in [0.15, 0.2) is 53.7 Å². The maximum absolute atomic E-state index is 12.5. The van der Waals surface area contributed by atoms with Gasteiger partial charge in [0.05, 0.1) is 18.2 Å². The van der Waals surface area contributed by atoms with Crippen molar-refractivity contribution in [2.45, 2.75) is 25.3 Å². The molecular weight excluding hydrogens is 466 g/mol. The van der Waals surface area contributed by atoms with Gasteiger partial charge >= 0.3 is 6.03 Å². The number of hydrogen-bond donors (Lipinski definition) is 2. The van der Waals surface area contributed by atoms with E-state index < -0.39 is 0 Å². The number of nitrogens with one attached hydrogen (secondary N) is 2. The van der Waals surface area contributed by atoms with Crippen molar-refractivity contribution in [1.82, 2.24) is 25.2 Å². The van der Waals surface area contributed by atoms with E-state index in [9.17, 15) is 4.79 Å². The molecule has 2 aliphatic rings. The van der Waals surface area contributed by atoms with E-state index in [1.807, 2.05) is 47.4 Å². The summed E-state index contributed by atoms with van der Waals surface area (Å²) in [6, 6.07) is 9.72. The van der Waals surface area contributed by atoms with Crippen LogP contribution in [-0.2, 0) is 4.74 Å². The summed E-state index contributed by atoms with van der Waals surface area (Å²) in [6.07, 6.45) is 8.47. The summed E-state index contributed by atoms with van der Waals surface area (Å²) in [7, 11) is 1.65. The van der Waals surface area contributed by atoms with Crippen LogP contribution in [0.25, 0.3) is 27.9 Å². The Hall–Kier alpha value is -3.36. The number of fused-ring (bicyclic) bond motifs is 1. The first kappa shape index (κ1) is 23.4. The van der Waals surface area contributed by atoms with Gasteiger partial charge in [0.1, 0.15) is 18.2 Å². The van der Waals surface area contributed by atoms with Gasteiger partial charge in [-0.2, -0.15) is 0 Å². The highest BCUT2D eigenvalue weighted by Crippen LogP contribution is 2.31. The SMILES string of the molecule is COCCOc1ccc(-c2cnc3nc(C4=CC(NC(=O)N5CCCC5)CC=C4Cl)[nH]c3c2)cc1. The van der Waals surface area contributed by atoms with E-state index in [-0.39, 0.29) is 12.1 Å². The van der Waals surface area contributed by atoms with Crippen LogP contribution in [0, 0.1) is 0 Å². The zero-order valence-corrected chi connectivity index (χ0v) is 20.3. The molecule has 5 rings (SSSR count). The Balaban J connectivity index is 1.33. The van der Waals surface area contributed by atoms with Crippen LogP contribution in [0.2, 0.25) is 0 Å². The molecule has 2 aromatic heterocycles. The van der Waals surface area contributed by atoms with E-state index in [0.717, 1.165) is 53.9 Å². The second kappa shape index (κ2) is 10.5. The van der Waals surface area contributed by atoms with Crippen LogP contribution in [0.3, 0.4) is 0 Å². The average molecular weight is 494 g/mol. The summed E-state index contributed by atoms with van der Waals surface area (Å²) in [5.74, 6) is 1.42. The van der Waals surface area contributed by atoms with Crippen LogP contribution < -0.4 is 10.1 Å². The largest absolute Gasteiger partial charge is 0.491 e. The van der Waals surface area contributed by atoms with E-state index in [0.29, 0.717) is 36.1 Å². The van der Waals surface area contributed by atoms with Gasteiger partial charge in [0.2, 0.25) is 0 Å². The number of halogens is 1. The Morgan fingerprint density at radius 3 is 2.77 bits per heavy atom. The molecule has 9 heteroatoms. The van der Waals surface area contributed by atoms with Crippen molar-refractivity contribution in [3.63, 3.8) is 0 Å². The number of rotatable bonds is 7. The highest BCUT2D eigenvalue weighted by Gasteiger charge is 2.23. The third-order valence-electron chi connectivity index (χ3n) is 6.21. The molecule has 2 N–H and O–H groups in total. The molecule has 1 fully saturated rings. The van der Waals surface area contributed by atoms with Crippen molar-refractivity contribution >= 4 is 34.4 Å². The predicted octanol–water partition coefficient (Wildman–Crippen LogP) is 4.73. The number of benzene rings is 1. The normalized spacial score (nSPS) is 17.9. The van der Waals surface area contributed by atoms with Gasteiger partial charge in [-0.3, -0.25) is 0 Å². The standard InChI is InChI=1S/C26H28ClN5O3/c1-34-12-13-35-20-7-4-17(5-8-20)18-14-23-25(28-16-18)31-24(30-23)21-15-19(6-9-22(21)27)29-26(33)32-10-2-3-11-32/h4-5,7-9,14-16,19H,2-3,6,10-13H2,1H3,(H,29,33)(H,28,30,31). The predicted molar refractivity (Wildman–Crippen MR) is 136 cm³/mol. The maximum atomic E-state index is 12.5. The van der Waals surface area contributed by atoms with Crippen LogP contribution in [-0.4, -0.2) is 65.3 Å². The van der Waals surface area contributed by atoms with Crippen LogP contribution >= 0.6 is 11.6 Å². The first-order chi connectivity index (χ1) is 17.1. The van der Waals surface area contributed by atoms with Crippen LogP contribution in [0.4, 0.5) is 4.79 Å². The number of urea groups is 1. The van der Waals surface area contributed by atoms with Gasteiger partial charge in [-0.05, 0) is 49.1 Å². The third-order valence-corrected chi connectivity index (χ3v) is 6.57. The van der Waals surface area contributed by atoms with Crippen molar-refractivity contribution in [2.75, 3.05) is 33.4 Å². The Kier molecular flexibility index (Phi) is 7.01. The molecular formula is C26H28ClN5O3. The summed E-state index contributed by atoms with van der Waals surface area (Å²) in [5.41, 5.74) is 4.17. The summed E-state index contributed by atoms with van der Waals surface area (Å²) in [4.78, 5) is 26.9. The van der Waals surface area contributed by atoms with E-state index >= 15 is 0 Å². The molecule has 1 aromatic carbocycles. The number of imidazole rings is 1. The second-order valence-corrected chi connectivity index (χ2v) is 9.07. The minimum atomic E-state index is -0.137. The Morgan fingerprint density at radius 1 is 1.20 bits per heavy atom. The number of ether oxygens (including phenoxy) is 2. The molecule has 0 bridgehead atoms. The fourth-order valence-corrected chi connectivity index (χ4v) is 4.57. The van der Waals surface area contributed by atoms with Crippen molar-refractivity contribution in [2.24, 2.45) is 0 Å². The van der Waals surface area contributed by atoms with Gasteiger partial charge in [0, 0.05) is 42.6 Å². The highest BCUT2D eigenvalue weighted by atomic mass is 35.5. The molecule has 8 nitrogen and oxygen atoms in total. The summed E-state index contributed by atoms with van der Waals surface area (Å²) >= 11 is 6.53. The van der Waals surface area contributed by atoms with E-state index in [1.54, 1.807) is 13.3 Å². The van der Waals surface area contributed by atoms with Gasteiger partial charge in [-0.25, -0.2) is 14.8 Å². The first-order valence-corrected chi connectivity index (χ1v) is 12.2. The van der Waals surface area contributed by atoms with Gasteiger partial charge in [0.25, 0.3) is 0 Å². The number of methoxy groups -OCH3 is 1. The minimum absolute atomic E-state index is 0.0273. The molecule has 1 unspecified atom stereocenters. The van der Waals surface area contributed by atoms with Crippen molar-refractivity contribution in [1.29, 1.82) is 0 Å². The average Bonchev–Trinajstić information content (AvgIpc) is 3.56. The molecule has 1 saturated heterocycles. The molecule has 3 heterocycles. The van der Waals surface area contributed by atoms with Crippen LogP contribution in [0.5, 0.6) is 5.75 Å². The molecule has 0 spiro atoms. The smallest absolute Gasteiger partial charge is 0.317 e. The molecule has 0 radical (unpaired) electrons. The lowest BCUT2D eigenvalue weighted by Crippen LogP contribution is -2.43. The number of hydrogen-bond acceptors (Lipinski definition) is 5. The van der Waals surface area contributed by atoms with Crippen molar-refractivity contribution < 1.29 is 14.3 Å². The number of H-pyrrole nitrogens is 1. The maximum Gasteiger partial charge on any atom is 0.317 e. The molecule has 0 saturated carbocycles. The fourth-order valence-electron chi connectivity index (χ4n) is 4.32. The lowest BCUT2D eigenvalue weighted by Gasteiger charge is -2.23. The number of aromatic amines is 1. The summed E-state index contributed by atoms with van der Waals surface area (Å²) in [5, 5.41) is 3.71. The number of aromatic nitrogens is 3. The molecule has 35 heavy (non-hydrogen) atoms. The Labute approximate surface area is 209 Å². The molecule has 1 aliphatic carbocycles. The Bertz CT molecular complexity index is 1260. The lowest BCUT2D eigenvalue weighted by atomic mass is 10.0. The van der Waals surface area contributed by atoms with Gasteiger partial charge in [-0.1, -0.05) is 29.8 Å². The van der Waals surface area contributed by atoms with Crippen molar-refractivity contribution in [3.05, 3.63) is 59.5 Å². The van der Waals surface area contributed by atoms with Gasteiger partial charge in [0.15, 0.2) is 5.65 Å². The Morgan fingerprint density at radius 2 is 2.00 bits per heavy atom. The zero-order valence-electron chi connectivity index (χ0n) is 19.6.